The first-order valence-electron chi connectivity index (χ1n) is 8.02. The van der Waals surface area contributed by atoms with Crippen molar-refractivity contribution in [3.05, 3.63) is 23.2 Å². The average Bonchev–Trinajstić information content (AvgIpc) is 2.64. The highest BCUT2D eigenvalue weighted by molar-refractivity contribution is 5.20. The third-order valence-corrected chi connectivity index (χ3v) is 4.13. The summed E-state index contributed by atoms with van der Waals surface area (Å²) >= 11 is 0. The summed E-state index contributed by atoms with van der Waals surface area (Å²) in [7, 11) is 2.20. The molecule has 2 rings (SSSR count). The van der Waals surface area contributed by atoms with E-state index >= 15 is 0 Å². The van der Waals surface area contributed by atoms with Gasteiger partial charge in [-0.1, -0.05) is 20.3 Å². The molecule has 0 radical (unpaired) electrons. The molecule has 0 atom stereocenters. The monoisotopic (exact) mass is 278 g/mol. The van der Waals surface area contributed by atoms with Gasteiger partial charge in [-0.2, -0.15) is 0 Å². The van der Waals surface area contributed by atoms with Gasteiger partial charge in [-0.3, -0.25) is 4.90 Å². The van der Waals surface area contributed by atoms with E-state index in [-0.39, 0.29) is 0 Å². The van der Waals surface area contributed by atoms with E-state index in [1.165, 1.54) is 31.4 Å². The van der Waals surface area contributed by atoms with Crippen LogP contribution in [-0.4, -0.2) is 25.0 Å². The van der Waals surface area contributed by atoms with Crippen molar-refractivity contribution in [2.45, 2.75) is 53.1 Å². The van der Waals surface area contributed by atoms with Crippen LogP contribution in [0, 0.1) is 18.8 Å². The summed E-state index contributed by atoms with van der Waals surface area (Å²) in [5.41, 5.74) is 1.27. The van der Waals surface area contributed by atoms with Crippen molar-refractivity contribution in [1.82, 2.24) is 10.2 Å². The first-order valence-corrected chi connectivity index (χ1v) is 8.02. The van der Waals surface area contributed by atoms with Crippen LogP contribution in [0.1, 0.15) is 50.2 Å². The van der Waals surface area contributed by atoms with Gasteiger partial charge in [0, 0.05) is 6.54 Å². The predicted octanol–water partition coefficient (Wildman–Crippen LogP) is 3.57. The first kappa shape index (κ1) is 15.6. The molecule has 1 aliphatic carbocycles. The van der Waals surface area contributed by atoms with Crippen LogP contribution in [0.5, 0.6) is 0 Å². The smallest absolute Gasteiger partial charge is 0.120 e. The van der Waals surface area contributed by atoms with Gasteiger partial charge in [0.05, 0.1) is 13.1 Å². The maximum absolute atomic E-state index is 6.00. The summed E-state index contributed by atoms with van der Waals surface area (Å²) in [5, 5.41) is 3.45. The van der Waals surface area contributed by atoms with Crippen molar-refractivity contribution in [2.75, 3.05) is 20.1 Å². The van der Waals surface area contributed by atoms with Gasteiger partial charge in [0.25, 0.3) is 0 Å². The van der Waals surface area contributed by atoms with Crippen LogP contribution in [0.15, 0.2) is 10.5 Å². The van der Waals surface area contributed by atoms with Crippen molar-refractivity contribution in [3.8, 4) is 0 Å². The fraction of sp³-hybridized carbons (Fsp3) is 0.765. The van der Waals surface area contributed by atoms with Crippen LogP contribution >= 0.6 is 0 Å². The minimum Gasteiger partial charge on any atom is -0.463 e. The summed E-state index contributed by atoms with van der Waals surface area (Å²) < 4.78 is 6.00. The number of aryl methyl sites for hydroxylation is 1. The second kappa shape index (κ2) is 7.28. The van der Waals surface area contributed by atoms with E-state index < -0.39 is 0 Å². The lowest BCUT2D eigenvalue weighted by molar-refractivity contribution is 0.190. The Kier molecular flexibility index (Phi) is 5.67. The summed E-state index contributed by atoms with van der Waals surface area (Å²) in [6.07, 6.45) is 4.24. The van der Waals surface area contributed by atoms with Crippen LogP contribution < -0.4 is 5.32 Å². The summed E-state index contributed by atoms with van der Waals surface area (Å²) in [4.78, 5) is 2.40. The van der Waals surface area contributed by atoms with E-state index in [1.54, 1.807) is 0 Å². The van der Waals surface area contributed by atoms with Gasteiger partial charge in [-0.15, -0.1) is 0 Å². The molecular formula is C17H30N2O. The Bertz CT molecular complexity index is 407. The van der Waals surface area contributed by atoms with Gasteiger partial charge >= 0.3 is 0 Å². The van der Waals surface area contributed by atoms with Gasteiger partial charge < -0.3 is 9.73 Å². The zero-order chi connectivity index (χ0) is 14.5. The molecule has 1 aliphatic rings. The Morgan fingerprint density at radius 3 is 2.75 bits per heavy atom. The molecule has 114 valence electrons. The standard InChI is InChI=1S/C17H30N2O/c1-13(2)9-18-10-17-14(3)8-16(20-17)12-19(4)11-15-6-5-7-15/h8,13,15,18H,5-7,9-12H2,1-4H3. The van der Waals surface area contributed by atoms with Gasteiger partial charge in [-0.05, 0) is 56.8 Å². The Balaban J connectivity index is 1.79. The fourth-order valence-corrected chi connectivity index (χ4v) is 2.76. The zero-order valence-electron chi connectivity index (χ0n) is 13.5. The second-order valence-corrected chi connectivity index (χ2v) is 6.84. The van der Waals surface area contributed by atoms with Crippen molar-refractivity contribution in [1.29, 1.82) is 0 Å². The molecule has 3 nitrogen and oxygen atoms in total. The number of hydrogen-bond donors (Lipinski definition) is 1. The topological polar surface area (TPSA) is 28.4 Å². The maximum Gasteiger partial charge on any atom is 0.120 e. The molecular weight excluding hydrogens is 248 g/mol. The van der Waals surface area contributed by atoms with E-state index in [2.05, 4.69) is 44.1 Å². The molecule has 0 aliphatic heterocycles. The second-order valence-electron chi connectivity index (χ2n) is 6.84. The number of nitrogens with one attached hydrogen (secondary N) is 1. The van der Waals surface area contributed by atoms with E-state index in [0.29, 0.717) is 5.92 Å². The van der Waals surface area contributed by atoms with Gasteiger partial charge in [0.15, 0.2) is 0 Å². The molecule has 1 saturated carbocycles. The molecule has 0 unspecified atom stereocenters. The molecule has 3 heteroatoms. The Labute approximate surface area is 123 Å². The Morgan fingerprint density at radius 1 is 1.40 bits per heavy atom. The molecule has 1 fully saturated rings. The lowest BCUT2D eigenvalue weighted by Gasteiger charge is -2.29. The van der Waals surface area contributed by atoms with Crippen molar-refractivity contribution < 1.29 is 4.42 Å². The zero-order valence-corrected chi connectivity index (χ0v) is 13.5. The lowest BCUT2D eigenvalue weighted by Crippen LogP contribution is -2.28. The van der Waals surface area contributed by atoms with E-state index in [0.717, 1.165) is 37.1 Å². The van der Waals surface area contributed by atoms with E-state index in [1.807, 2.05) is 0 Å². The molecule has 0 spiro atoms. The number of hydrogen-bond acceptors (Lipinski definition) is 3. The maximum atomic E-state index is 6.00. The van der Waals surface area contributed by atoms with E-state index in [9.17, 15) is 0 Å². The Hall–Kier alpha value is -0.800. The van der Waals surface area contributed by atoms with Gasteiger partial charge in [-0.25, -0.2) is 0 Å². The van der Waals surface area contributed by atoms with Crippen LogP contribution in [-0.2, 0) is 13.1 Å². The largest absolute Gasteiger partial charge is 0.463 e. The van der Waals surface area contributed by atoms with Crippen LogP contribution in [0.2, 0.25) is 0 Å². The third-order valence-electron chi connectivity index (χ3n) is 4.13. The minimum atomic E-state index is 0.679. The SMILES string of the molecule is Cc1cc(CN(C)CC2CCC2)oc1CNCC(C)C. The average molecular weight is 278 g/mol. The number of rotatable bonds is 8. The molecule has 0 bridgehead atoms. The number of nitrogens with zero attached hydrogens (tertiary/aromatic N) is 1. The lowest BCUT2D eigenvalue weighted by atomic mass is 9.85. The van der Waals surface area contributed by atoms with Crippen LogP contribution in [0.4, 0.5) is 0 Å². The van der Waals surface area contributed by atoms with Crippen molar-refractivity contribution >= 4 is 0 Å². The first-order chi connectivity index (χ1) is 9.54. The highest BCUT2D eigenvalue weighted by Gasteiger charge is 2.19. The molecule has 1 N–H and O–H groups in total. The van der Waals surface area contributed by atoms with Crippen LogP contribution in [0.25, 0.3) is 0 Å². The summed E-state index contributed by atoms with van der Waals surface area (Å²) in [6, 6.07) is 2.20. The molecule has 1 aromatic rings. The molecule has 20 heavy (non-hydrogen) atoms. The van der Waals surface area contributed by atoms with Crippen molar-refractivity contribution in [3.63, 3.8) is 0 Å². The van der Waals surface area contributed by atoms with Crippen LogP contribution in [0.3, 0.4) is 0 Å². The molecule has 0 aromatic carbocycles. The minimum absolute atomic E-state index is 0.679. The van der Waals surface area contributed by atoms with Gasteiger partial charge in [0.1, 0.15) is 11.5 Å². The highest BCUT2D eigenvalue weighted by Crippen LogP contribution is 2.27. The highest BCUT2D eigenvalue weighted by atomic mass is 16.3. The summed E-state index contributed by atoms with van der Waals surface area (Å²) in [5.74, 6) is 3.80. The fourth-order valence-electron chi connectivity index (χ4n) is 2.76. The summed E-state index contributed by atoms with van der Waals surface area (Å²) in [6.45, 7) is 10.6. The van der Waals surface area contributed by atoms with Crippen molar-refractivity contribution in [2.24, 2.45) is 11.8 Å². The Morgan fingerprint density at radius 2 is 2.15 bits per heavy atom. The predicted molar refractivity (Wildman–Crippen MR) is 83.7 cm³/mol. The molecule has 0 saturated heterocycles. The quantitative estimate of drug-likeness (QED) is 0.788. The third kappa shape index (κ3) is 4.64. The number of furan rings is 1. The molecule has 0 amide bonds. The molecule has 1 aromatic heterocycles. The van der Waals surface area contributed by atoms with E-state index in [4.69, 9.17) is 4.42 Å². The normalized spacial score (nSPS) is 16.1. The van der Waals surface area contributed by atoms with Gasteiger partial charge in [0.2, 0.25) is 0 Å². The molecule has 1 heterocycles.